The smallest absolute Gasteiger partial charge is 0.279 e. The highest BCUT2D eigenvalue weighted by molar-refractivity contribution is 7.87. The van der Waals surface area contributed by atoms with E-state index in [-0.39, 0.29) is 6.54 Å². The number of aryl methyl sites for hydroxylation is 1. The second-order valence-corrected chi connectivity index (χ2v) is 6.06. The van der Waals surface area contributed by atoms with Gasteiger partial charge in [-0.05, 0) is 33.0 Å². The highest BCUT2D eigenvalue weighted by atomic mass is 32.2. The SMILES string of the molecule is CNCCCN(C)S(=O)(=O)NCc1ccnc(C)n1. The Morgan fingerprint density at radius 1 is 1.42 bits per heavy atom. The second kappa shape index (κ2) is 7.49. The van der Waals surface area contributed by atoms with Crippen LogP contribution in [0.25, 0.3) is 0 Å². The Labute approximate surface area is 114 Å². The first-order valence-corrected chi connectivity index (χ1v) is 7.54. The van der Waals surface area contributed by atoms with Gasteiger partial charge in [-0.3, -0.25) is 0 Å². The fourth-order valence-electron chi connectivity index (χ4n) is 1.48. The van der Waals surface area contributed by atoms with Crippen molar-refractivity contribution in [3.05, 3.63) is 23.8 Å². The van der Waals surface area contributed by atoms with E-state index in [2.05, 4.69) is 20.0 Å². The van der Waals surface area contributed by atoms with Gasteiger partial charge in [0.2, 0.25) is 0 Å². The maximum Gasteiger partial charge on any atom is 0.279 e. The fraction of sp³-hybridized carbons (Fsp3) is 0.636. The van der Waals surface area contributed by atoms with Crippen molar-refractivity contribution in [1.29, 1.82) is 0 Å². The molecule has 1 heterocycles. The number of rotatable bonds is 8. The lowest BCUT2D eigenvalue weighted by atomic mass is 10.4. The largest absolute Gasteiger partial charge is 0.320 e. The molecular weight excluding hydrogens is 266 g/mol. The molecule has 0 radical (unpaired) electrons. The summed E-state index contributed by atoms with van der Waals surface area (Å²) in [5.74, 6) is 0.624. The molecule has 7 nitrogen and oxygen atoms in total. The average Bonchev–Trinajstić information content (AvgIpc) is 2.37. The van der Waals surface area contributed by atoms with E-state index in [1.165, 1.54) is 4.31 Å². The molecule has 8 heteroatoms. The molecule has 108 valence electrons. The highest BCUT2D eigenvalue weighted by Crippen LogP contribution is 1.99. The summed E-state index contributed by atoms with van der Waals surface area (Å²) in [5.41, 5.74) is 0.652. The summed E-state index contributed by atoms with van der Waals surface area (Å²) in [7, 11) is -0.0604. The number of hydrogen-bond acceptors (Lipinski definition) is 5. The van der Waals surface area contributed by atoms with Crippen LogP contribution in [0.5, 0.6) is 0 Å². The molecule has 0 saturated carbocycles. The molecule has 0 aliphatic heterocycles. The van der Waals surface area contributed by atoms with E-state index in [0.29, 0.717) is 18.1 Å². The van der Waals surface area contributed by atoms with Crippen molar-refractivity contribution < 1.29 is 8.42 Å². The minimum Gasteiger partial charge on any atom is -0.320 e. The molecule has 0 amide bonds. The lowest BCUT2D eigenvalue weighted by molar-refractivity contribution is 0.447. The Kier molecular flexibility index (Phi) is 6.29. The van der Waals surface area contributed by atoms with Crippen LogP contribution < -0.4 is 10.0 Å². The molecule has 0 aliphatic carbocycles. The van der Waals surface area contributed by atoms with Gasteiger partial charge >= 0.3 is 0 Å². The summed E-state index contributed by atoms with van der Waals surface area (Å²) in [6.07, 6.45) is 2.38. The zero-order valence-corrected chi connectivity index (χ0v) is 12.4. The number of hydrogen-bond donors (Lipinski definition) is 2. The van der Waals surface area contributed by atoms with Gasteiger partial charge < -0.3 is 5.32 Å². The summed E-state index contributed by atoms with van der Waals surface area (Å²) in [4.78, 5) is 8.11. The Morgan fingerprint density at radius 2 is 2.16 bits per heavy atom. The molecule has 2 N–H and O–H groups in total. The van der Waals surface area contributed by atoms with Crippen molar-refractivity contribution in [1.82, 2.24) is 24.3 Å². The third-order valence-electron chi connectivity index (χ3n) is 2.58. The zero-order valence-electron chi connectivity index (χ0n) is 11.5. The Bertz CT molecular complexity index is 492. The van der Waals surface area contributed by atoms with Crippen molar-refractivity contribution in [2.24, 2.45) is 0 Å². The topological polar surface area (TPSA) is 87.2 Å². The van der Waals surface area contributed by atoms with Crippen LogP contribution in [0.2, 0.25) is 0 Å². The molecule has 1 aromatic rings. The molecule has 0 saturated heterocycles. The minimum atomic E-state index is -3.46. The van der Waals surface area contributed by atoms with Crippen molar-refractivity contribution in [2.75, 3.05) is 27.2 Å². The van der Waals surface area contributed by atoms with Crippen LogP contribution in [-0.4, -0.2) is 49.9 Å². The molecular formula is C11H21N5O2S. The average molecular weight is 287 g/mol. The van der Waals surface area contributed by atoms with Gasteiger partial charge in [-0.1, -0.05) is 0 Å². The monoisotopic (exact) mass is 287 g/mol. The normalized spacial score (nSPS) is 12.0. The molecule has 0 bridgehead atoms. The van der Waals surface area contributed by atoms with E-state index < -0.39 is 10.2 Å². The van der Waals surface area contributed by atoms with Crippen molar-refractivity contribution in [3.8, 4) is 0 Å². The molecule has 0 aromatic carbocycles. The molecule has 0 fully saturated rings. The van der Waals surface area contributed by atoms with Gasteiger partial charge in [0.05, 0.1) is 12.2 Å². The maximum absolute atomic E-state index is 11.9. The Balaban J connectivity index is 2.50. The van der Waals surface area contributed by atoms with E-state index in [1.807, 2.05) is 7.05 Å². The molecule has 1 rings (SSSR count). The summed E-state index contributed by atoms with van der Waals surface area (Å²) in [6, 6.07) is 1.69. The van der Waals surface area contributed by atoms with Crippen molar-refractivity contribution in [2.45, 2.75) is 19.9 Å². The van der Waals surface area contributed by atoms with E-state index in [9.17, 15) is 8.42 Å². The lowest BCUT2D eigenvalue weighted by Gasteiger charge is -2.17. The van der Waals surface area contributed by atoms with Crippen LogP contribution in [0.1, 0.15) is 17.9 Å². The standard InChI is InChI=1S/C11H21N5O2S/c1-10-13-7-5-11(15-10)9-14-19(17,18)16(3)8-4-6-12-2/h5,7,12,14H,4,6,8-9H2,1-3H3. The van der Waals surface area contributed by atoms with Gasteiger partial charge in [-0.25, -0.2) is 9.97 Å². The predicted molar refractivity (Wildman–Crippen MR) is 73.7 cm³/mol. The van der Waals surface area contributed by atoms with E-state index >= 15 is 0 Å². The number of nitrogens with zero attached hydrogens (tertiary/aromatic N) is 3. The Morgan fingerprint density at radius 3 is 2.79 bits per heavy atom. The fourth-order valence-corrected chi connectivity index (χ4v) is 2.40. The molecule has 0 aliphatic rings. The van der Waals surface area contributed by atoms with Gasteiger partial charge in [0, 0.05) is 19.8 Å². The lowest BCUT2D eigenvalue weighted by Crippen LogP contribution is -2.39. The van der Waals surface area contributed by atoms with Gasteiger partial charge in [-0.15, -0.1) is 0 Å². The number of aromatic nitrogens is 2. The number of nitrogens with one attached hydrogen (secondary N) is 2. The molecule has 0 unspecified atom stereocenters. The first kappa shape index (κ1) is 16.0. The third-order valence-corrected chi connectivity index (χ3v) is 4.09. The van der Waals surface area contributed by atoms with Gasteiger partial charge in [-0.2, -0.15) is 17.4 Å². The quantitative estimate of drug-likeness (QED) is 0.639. The van der Waals surface area contributed by atoms with Crippen LogP contribution >= 0.6 is 0 Å². The highest BCUT2D eigenvalue weighted by Gasteiger charge is 2.16. The molecule has 0 spiro atoms. The summed E-state index contributed by atoms with van der Waals surface area (Å²) in [6.45, 7) is 3.19. The molecule has 19 heavy (non-hydrogen) atoms. The Hall–Kier alpha value is -1.09. The van der Waals surface area contributed by atoms with E-state index in [1.54, 1.807) is 26.2 Å². The molecule has 0 atom stereocenters. The van der Waals surface area contributed by atoms with Gasteiger partial charge in [0.25, 0.3) is 10.2 Å². The van der Waals surface area contributed by atoms with Crippen LogP contribution in [0.15, 0.2) is 12.3 Å². The van der Waals surface area contributed by atoms with Crippen LogP contribution in [0, 0.1) is 6.92 Å². The van der Waals surface area contributed by atoms with Crippen molar-refractivity contribution >= 4 is 10.2 Å². The summed E-state index contributed by atoms with van der Waals surface area (Å²) in [5, 5.41) is 2.98. The summed E-state index contributed by atoms with van der Waals surface area (Å²) >= 11 is 0. The maximum atomic E-state index is 11.9. The van der Waals surface area contributed by atoms with Gasteiger partial charge in [0.1, 0.15) is 5.82 Å². The first-order chi connectivity index (χ1) is 8.95. The zero-order chi connectivity index (χ0) is 14.3. The van der Waals surface area contributed by atoms with Crippen LogP contribution in [0.4, 0.5) is 0 Å². The van der Waals surface area contributed by atoms with Gasteiger partial charge in [0.15, 0.2) is 0 Å². The van der Waals surface area contributed by atoms with E-state index in [4.69, 9.17) is 0 Å². The minimum absolute atomic E-state index is 0.169. The first-order valence-electron chi connectivity index (χ1n) is 6.10. The molecule has 1 aromatic heterocycles. The predicted octanol–water partition coefficient (Wildman–Crippen LogP) is -0.339. The second-order valence-electron chi connectivity index (χ2n) is 4.20. The van der Waals surface area contributed by atoms with Crippen molar-refractivity contribution in [3.63, 3.8) is 0 Å². The van der Waals surface area contributed by atoms with Crippen LogP contribution in [-0.2, 0) is 16.8 Å². The summed E-state index contributed by atoms with van der Waals surface area (Å²) < 4.78 is 27.7. The van der Waals surface area contributed by atoms with Crippen LogP contribution in [0.3, 0.4) is 0 Å². The van der Waals surface area contributed by atoms with E-state index in [0.717, 1.165) is 13.0 Å². The third kappa shape index (κ3) is 5.60.